The van der Waals surface area contributed by atoms with Crippen LogP contribution in [0.5, 0.6) is 0 Å². The maximum atomic E-state index is 12.7. The number of nitrogens with one attached hydrogen (secondary N) is 1. The summed E-state index contributed by atoms with van der Waals surface area (Å²) in [6, 6.07) is 0. The number of hydrogen-bond donors (Lipinski definition) is 2. The zero-order chi connectivity index (χ0) is 8.48. The van der Waals surface area contributed by atoms with Crippen LogP contribution in [0.4, 0.5) is 8.78 Å². The minimum Gasteiger partial charge on any atom is -0.387 e. The molecular weight excluding hydrogens is 150 g/mol. The average Bonchev–Trinajstić information content (AvgIpc) is 1.85. The molecule has 1 fully saturated rings. The normalized spacial score (nSPS) is 29.8. The van der Waals surface area contributed by atoms with Gasteiger partial charge in [-0.25, -0.2) is 8.78 Å². The molecule has 11 heavy (non-hydrogen) atoms. The van der Waals surface area contributed by atoms with Crippen molar-refractivity contribution in [2.24, 2.45) is 11.7 Å². The van der Waals surface area contributed by atoms with E-state index in [1.807, 2.05) is 0 Å². The summed E-state index contributed by atoms with van der Waals surface area (Å²) in [7, 11) is 0. The van der Waals surface area contributed by atoms with Gasteiger partial charge in [0, 0.05) is 18.8 Å². The summed E-state index contributed by atoms with van der Waals surface area (Å²) in [5.74, 6) is -3.07. The second-order valence-corrected chi connectivity index (χ2v) is 3.10. The summed E-state index contributed by atoms with van der Waals surface area (Å²) < 4.78 is 25.3. The molecule has 1 rings (SSSR count). The van der Waals surface area contributed by atoms with Crippen LogP contribution in [-0.2, 0) is 0 Å². The summed E-state index contributed by atoms with van der Waals surface area (Å²) in [5, 5.41) is 7.01. The third kappa shape index (κ3) is 2.13. The second-order valence-electron chi connectivity index (χ2n) is 3.10. The number of halogens is 2. The first kappa shape index (κ1) is 8.43. The highest BCUT2D eigenvalue weighted by Crippen LogP contribution is 2.36. The Bertz CT molecular complexity index is 168. The highest BCUT2D eigenvalue weighted by atomic mass is 19.3. The highest BCUT2D eigenvalue weighted by molar-refractivity contribution is 5.79. The molecule has 0 saturated heterocycles. The van der Waals surface area contributed by atoms with Crippen molar-refractivity contribution in [1.82, 2.24) is 0 Å². The fourth-order valence-electron chi connectivity index (χ4n) is 1.44. The number of nitrogens with two attached hydrogens (primary N) is 1. The number of rotatable bonds is 1. The lowest BCUT2D eigenvalue weighted by Crippen LogP contribution is -2.33. The van der Waals surface area contributed by atoms with Crippen molar-refractivity contribution in [3.05, 3.63) is 0 Å². The largest absolute Gasteiger partial charge is 0.387 e. The van der Waals surface area contributed by atoms with Gasteiger partial charge in [0.15, 0.2) is 0 Å². The third-order valence-electron chi connectivity index (χ3n) is 2.08. The summed E-state index contributed by atoms with van der Waals surface area (Å²) in [6.07, 6.45) is 0.848. The lowest BCUT2D eigenvalue weighted by Gasteiger charge is -2.27. The van der Waals surface area contributed by atoms with E-state index in [0.717, 1.165) is 0 Å². The third-order valence-corrected chi connectivity index (χ3v) is 2.08. The van der Waals surface area contributed by atoms with Crippen molar-refractivity contribution in [2.45, 2.75) is 31.6 Å². The predicted octanol–water partition coefficient (Wildman–Crippen LogP) is 1.75. The summed E-state index contributed by atoms with van der Waals surface area (Å²) in [6.45, 7) is 0. The minimum atomic E-state index is -2.59. The van der Waals surface area contributed by atoms with Gasteiger partial charge in [0.1, 0.15) is 0 Å². The Kier molecular flexibility index (Phi) is 2.11. The molecule has 0 spiro atoms. The zero-order valence-corrected chi connectivity index (χ0v) is 6.24. The van der Waals surface area contributed by atoms with E-state index in [1.54, 1.807) is 0 Å². The molecule has 1 aliphatic carbocycles. The minimum absolute atomic E-state index is 0.0449. The SMILES string of the molecule is N=C(N)C1CCCC(F)(F)C1. The van der Waals surface area contributed by atoms with Crippen molar-refractivity contribution in [2.75, 3.05) is 0 Å². The van der Waals surface area contributed by atoms with Crippen LogP contribution in [0.1, 0.15) is 25.7 Å². The van der Waals surface area contributed by atoms with Gasteiger partial charge >= 0.3 is 0 Å². The van der Waals surface area contributed by atoms with Crippen LogP contribution in [0, 0.1) is 11.3 Å². The molecule has 0 radical (unpaired) electrons. The van der Waals surface area contributed by atoms with Crippen LogP contribution in [0.25, 0.3) is 0 Å². The topological polar surface area (TPSA) is 49.9 Å². The highest BCUT2D eigenvalue weighted by Gasteiger charge is 2.37. The lowest BCUT2D eigenvalue weighted by molar-refractivity contribution is -0.0429. The van der Waals surface area contributed by atoms with Gasteiger partial charge in [0.2, 0.25) is 5.92 Å². The molecule has 0 amide bonds. The standard InChI is InChI=1S/C7H12F2N2/c8-7(9)3-1-2-5(4-7)6(10)11/h5H,1-4H2,(H3,10,11). The van der Waals surface area contributed by atoms with E-state index in [1.165, 1.54) is 0 Å². The molecule has 0 bridgehead atoms. The molecule has 3 N–H and O–H groups in total. The quantitative estimate of drug-likeness (QED) is 0.448. The Labute approximate surface area is 64.3 Å². The molecule has 64 valence electrons. The molecule has 4 heteroatoms. The van der Waals surface area contributed by atoms with Gasteiger partial charge in [-0.1, -0.05) is 0 Å². The first-order valence-electron chi connectivity index (χ1n) is 3.73. The molecule has 0 aliphatic heterocycles. The van der Waals surface area contributed by atoms with Crippen LogP contribution < -0.4 is 5.73 Å². The van der Waals surface area contributed by atoms with Crippen molar-refractivity contribution in [3.8, 4) is 0 Å². The number of amidine groups is 1. The van der Waals surface area contributed by atoms with E-state index < -0.39 is 11.8 Å². The molecule has 0 aromatic rings. The van der Waals surface area contributed by atoms with Crippen molar-refractivity contribution >= 4 is 5.84 Å². The fourth-order valence-corrected chi connectivity index (χ4v) is 1.44. The molecule has 1 atom stereocenters. The first-order chi connectivity index (χ1) is 5.01. The van der Waals surface area contributed by atoms with Crippen LogP contribution in [0.15, 0.2) is 0 Å². The van der Waals surface area contributed by atoms with Gasteiger partial charge in [-0.3, -0.25) is 5.41 Å². The first-order valence-corrected chi connectivity index (χ1v) is 3.73. The lowest BCUT2D eigenvalue weighted by atomic mass is 9.86. The maximum Gasteiger partial charge on any atom is 0.248 e. The van der Waals surface area contributed by atoms with Crippen LogP contribution in [0.2, 0.25) is 0 Å². The van der Waals surface area contributed by atoms with E-state index >= 15 is 0 Å². The summed E-state index contributed by atoms with van der Waals surface area (Å²) in [4.78, 5) is 0. The van der Waals surface area contributed by atoms with Crippen molar-refractivity contribution in [1.29, 1.82) is 5.41 Å². The molecule has 1 unspecified atom stereocenters. The van der Waals surface area contributed by atoms with Gasteiger partial charge in [-0.05, 0) is 12.8 Å². The van der Waals surface area contributed by atoms with Gasteiger partial charge in [-0.2, -0.15) is 0 Å². The predicted molar refractivity (Wildman–Crippen MR) is 38.8 cm³/mol. The monoisotopic (exact) mass is 162 g/mol. The zero-order valence-electron chi connectivity index (χ0n) is 6.24. The fraction of sp³-hybridized carbons (Fsp3) is 0.857. The number of hydrogen-bond acceptors (Lipinski definition) is 1. The molecule has 1 aliphatic rings. The van der Waals surface area contributed by atoms with E-state index in [2.05, 4.69) is 0 Å². The summed E-state index contributed by atoms with van der Waals surface area (Å²) >= 11 is 0. The van der Waals surface area contributed by atoms with E-state index in [0.29, 0.717) is 12.8 Å². The Hall–Kier alpha value is -0.670. The smallest absolute Gasteiger partial charge is 0.248 e. The van der Waals surface area contributed by atoms with E-state index in [-0.39, 0.29) is 18.7 Å². The van der Waals surface area contributed by atoms with E-state index in [9.17, 15) is 8.78 Å². The van der Waals surface area contributed by atoms with Crippen molar-refractivity contribution in [3.63, 3.8) is 0 Å². The van der Waals surface area contributed by atoms with Crippen LogP contribution in [-0.4, -0.2) is 11.8 Å². The Morgan fingerprint density at radius 1 is 1.55 bits per heavy atom. The van der Waals surface area contributed by atoms with Gasteiger partial charge in [-0.15, -0.1) is 0 Å². The van der Waals surface area contributed by atoms with Gasteiger partial charge < -0.3 is 5.73 Å². The van der Waals surface area contributed by atoms with Crippen LogP contribution in [0.3, 0.4) is 0 Å². The maximum absolute atomic E-state index is 12.7. The Morgan fingerprint density at radius 3 is 2.55 bits per heavy atom. The summed E-state index contributed by atoms with van der Waals surface area (Å²) in [5.41, 5.74) is 5.14. The number of alkyl halides is 2. The van der Waals surface area contributed by atoms with Crippen molar-refractivity contribution < 1.29 is 8.78 Å². The second kappa shape index (κ2) is 2.75. The van der Waals surface area contributed by atoms with Crippen LogP contribution >= 0.6 is 0 Å². The Balaban J connectivity index is 2.53. The molecule has 0 aromatic heterocycles. The molecule has 2 nitrogen and oxygen atoms in total. The Morgan fingerprint density at radius 2 is 2.18 bits per heavy atom. The van der Waals surface area contributed by atoms with Gasteiger partial charge in [0.05, 0.1) is 5.84 Å². The van der Waals surface area contributed by atoms with E-state index in [4.69, 9.17) is 11.1 Å². The van der Waals surface area contributed by atoms with Gasteiger partial charge in [0.25, 0.3) is 0 Å². The molecule has 1 saturated carbocycles. The molecular formula is C7H12F2N2. The molecule has 0 aromatic carbocycles. The molecule has 0 heterocycles. The average molecular weight is 162 g/mol.